The van der Waals surface area contributed by atoms with Crippen molar-refractivity contribution in [3.8, 4) is 0 Å². The molecule has 1 fully saturated rings. The second-order valence-electron chi connectivity index (χ2n) is 6.89. The number of carboxylic acids is 2. The van der Waals surface area contributed by atoms with Gasteiger partial charge in [0.15, 0.2) is 0 Å². The van der Waals surface area contributed by atoms with Crippen molar-refractivity contribution in [3.05, 3.63) is 0 Å². The number of likely N-dealkylation sites (N-methyl/N-ethyl adjacent to an activating group) is 1. The summed E-state index contributed by atoms with van der Waals surface area (Å²) >= 11 is 0. The van der Waals surface area contributed by atoms with Gasteiger partial charge in [-0.3, -0.25) is 4.79 Å². The van der Waals surface area contributed by atoms with E-state index < -0.39 is 61.2 Å². The fourth-order valence-electron chi connectivity index (χ4n) is 1.68. The van der Waals surface area contributed by atoms with Crippen molar-refractivity contribution >= 4 is 11.9 Å². The Labute approximate surface area is 155 Å². The normalized spacial score (nSPS) is 31.5. The van der Waals surface area contributed by atoms with Gasteiger partial charge in [-0.05, 0) is 0 Å². The molecule has 27 heavy (non-hydrogen) atoms. The molecular formula is C14H30N2O11. The molecule has 1 aliphatic rings. The molecule has 0 amide bonds. The lowest BCUT2D eigenvalue weighted by molar-refractivity contribution is -0.864. The van der Waals surface area contributed by atoms with Gasteiger partial charge in [-0.1, -0.05) is 0 Å². The van der Waals surface area contributed by atoms with Crippen LogP contribution in [0.2, 0.25) is 0 Å². The number of carbonyl (C=O) groups is 2. The Hall–Kier alpha value is -1.42. The molecule has 0 aliphatic heterocycles. The summed E-state index contributed by atoms with van der Waals surface area (Å²) < 4.78 is 0.419. The summed E-state index contributed by atoms with van der Waals surface area (Å²) in [5, 5.41) is 79.6. The lowest BCUT2D eigenvalue weighted by Gasteiger charge is -2.39. The second kappa shape index (κ2) is 12.1. The third kappa shape index (κ3) is 11.1. The van der Waals surface area contributed by atoms with Gasteiger partial charge < -0.3 is 61.0 Å². The van der Waals surface area contributed by atoms with Gasteiger partial charge in [-0.2, -0.15) is 0 Å². The van der Waals surface area contributed by atoms with Crippen LogP contribution in [0.15, 0.2) is 0 Å². The molecule has 0 heterocycles. The molecule has 1 saturated carbocycles. The predicted molar refractivity (Wildman–Crippen MR) is 86.6 cm³/mol. The molecule has 1 atom stereocenters. The highest BCUT2D eigenvalue weighted by Gasteiger charge is 2.47. The molecule has 1 unspecified atom stereocenters. The maximum Gasteiger partial charge on any atom is 0.322 e. The second-order valence-corrected chi connectivity index (χ2v) is 6.89. The molecule has 0 aromatic rings. The molecule has 13 nitrogen and oxygen atoms in total. The average Bonchev–Trinajstić information content (AvgIpc) is 2.54. The van der Waals surface area contributed by atoms with Gasteiger partial charge in [-0.25, -0.2) is 0 Å². The lowest BCUT2D eigenvalue weighted by atomic mass is 9.85. The number of nitrogens with zero attached hydrogens (tertiary/aromatic N) is 1. The Morgan fingerprint density at radius 1 is 0.889 bits per heavy atom. The molecule has 0 aromatic heterocycles. The number of rotatable bonds is 4. The summed E-state index contributed by atoms with van der Waals surface area (Å²) in [6.45, 7) is -0.435. The molecule has 10 N–H and O–H groups in total. The van der Waals surface area contributed by atoms with Crippen LogP contribution >= 0.6 is 0 Å². The summed E-state index contributed by atoms with van der Waals surface area (Å²) in [5.41, 5.74) is 4.77. The van der Waals surface area contributed by atoms with E-state index in [0.717, 1.165) is 0 Å². The Balaban J connectivity index is 0. The number of hydrogen-bond donors (Lipinski definition) is 9. The quantitative estimate of drug-likeness (QED) is 0.199. The molecule has 0 spiro atoms. The zero-order valence-corrected chi connectivity index (χ0v) is 15.3. The number of carbonyl (C=O) groups excluding carboxylic acids is 1. The van der Waals surface area contributed by atoms with Crippen LogP contribution in [0.25, 0.3) is 0 Å². The largest absolute Gasteiger partial charge is 0.544 e. The van der Waals surface area contributed by atoms with E-state index >= 15 is 0 Å². The van der Waals surface area contributed by atoms with Crippen molar-refractivity contribution in [2.24, 2.45) is 5.73 Å². The van der Waals surface area contributed by atoms with Crippen LogP contribution in [0.5, 0.6) is 0 Å². The van der Waals surface area contributed by atoms with E-state index in [9.17, 15) is 14.7 Å². The minimum atomic E-state index is -1.64. The zero-order chi connectivity index (χ0) is 22.1. The third-order valence-electron chi connectivity index (χ3n) is 3.22. The van der Waals surface area contributed by atoms with Gasteiger partial charge in [0.1, 0.15) is 49.2 Å². The highest BCUT2D eigenvalue weighted by molar-refractivity contribution is 5.73. The highest BCUT2D eigenvalue weighted by Crippen LogP contribution is 2.20. The smallest absolute Gasteiger partial charge is 0.322 e. The van der Waals surface area contributed by atoms with Crippen LogP contribution < -0.4 is 10.8 Å². The van der Waals surface area contributed by atoms with Crippen molar-refractivity contribution in [1.82, 2.24) is 0 Å². The maximum atomic E-state index is 9.89. The van der Waals surface area contributed by atoms with E-state index in [1.807, 2.05) is 0 Å². The van der Waals surface area contributed by atoms with Crippen LogP contribution in [0, 0.1) is 0 Å². The first-order valence-corrected chi connectivity index (χ1v) is 7.74. The summed E-state index contributed by atoms with van der Waals surface area (Å²) in [6, 6.07) is -1.13. The Morgan fingerprint density at radius 2 is 1.15 bits per heavy atom. The van der Waals surface area contributed by atoms with Gasteiger partial charge in [0.25, 0.3) is 0 Å². The number of aliphatic hydroxyl groups excluding tert-OH is 7. The molecule has 0 bridgehead atoms. The first kappa shape index (κ1) is 27.8. The lowest BCUT2D eigenvalue weighted by Crippen LogP contribution is -2.63. The molecular weight excluding hydrogens is 372 g/mol. The standard InChI is InChI=1S/C6H12O6.C5H11NO2.C3H7NO3/c7-1-2(8)4(10)6(12)5(11)3(1)9;1-6(2,3)4-5(7)8;4-2(1-5)3(6)7/h1-12H;4H2,1-3H3;2,5H,1,4H2,(H,6,7). The Morgan fingerprint density at radius 3 is 1.19 bits per heavy atom. The molecule has 0 saturated heterocycles. The Bertz CT molecular complexity index is 398. The van der Waals surface area contributed by atoms with Crippen molar-refractivity contribution in [1.29, 1.82) is 0 Å². The van der Waals surface area contributed by atoms with Crippen LogP contribution in [0.1, 0.15) is 0 Å². The summed E-state index contributed by atoms with van der Waals surface area (Å²) in [6.07, 6.45) is -9.84. The minimum Gasteiger partial charge on any atom is -0.544 e. The zero-order valence-electron chi connectivity index (χ0n) is 15.3. The minimum absolute atomic E-state index is 0.0694. The number of aliphatic carboxylic acids is 2. The molecule has 0 radical (unpaired) electrons. The van der Waals surface area contributed by atoms with Crippen molar-refractivity contribution in [2.45, 2.75) is 42.7 Å². The predicted octanol–water partition coefficient (Wildman–Crippen LogP) is -7.00. The number of quaternary nitrogens is 1. The fraction of sp³-hybridized carbons (Fsp3) is 0.857. The van der Waals surface area contributed by atoms with Gasteiger partial charge in [-0.15, -0.1) is 0 Å². The topological polar surface area (TPSA) is 245 Å². The number of hydrogen-bond acceptors (Lipinski definition) is 11. The van der Waals surface area contributed by atoms with E-state index in [1.165, 1.54) is 0 Å². The van der Waals surface area contributed by atoms with E-state index in [2.05, 4.69) is 0 Å². The third-order valence-corrected chi connectivity index (χ3v) is 3.22. The highest BCUT2D eigenvalue weighted by atomic mass is 16.4. The summed E-state index contributed by atoms with van der Waals surface area (Å²) in [7, 11) is 5.40. The molecule has 1 rings (SSSR count). The van der Waals surface area contributed by atoms with Gasteiger partial charge in [0, 0.05) is 0 Å². The number of nitrogens with two attached hydrogens (primary N) is 1. The first-order chi connectivity index (χ1) is 12.1. The van der Waals surface area contributed by atoms with E-state index in [0.29, 0.717) is 4.48 Å². The van der Waals surface area contributed by atoms with E-state index in [-0.39, 0.29) is 6.54 Å². The number of carboxylic acid groups (broad SMARTS) is 2. The Kier molecular flexibility index (Phi) is 12.5. The van der Waals surface area contributed by atoms with Crippen molar-refractivity contribution in [3.63, 3.8) is 0 Å². The van der Waals surface area contributed by atoms with Gasteiger partial charge in [0.2, 0.25) is 0 Å². The summed E-state index contributed by atoms with van der Waals surface area (Å²) in [4.78, 5) is 19.5. The van der Waals surface area contributed by atoms with Crippen LogP contribution in [-0.4, -0.2) is 134 Å². The number of aliphatic hydroxyl groups is 7. The molecule has 1 aliphatic carbocycles. The van der Waals surface area contributed by atoms with Crippen molar-refractivity contribution < 1.29 is 60.0 Å². The average molecular weight is 402 g/mol. The first-order valence-electron chi connectivity index (χ1n) is 7.74. The SMILES string of the molecule is C[N+](C)(C)CC(=O)[O-].NC(CO)C(=O)O.OC1C(O)C(O)C(O)C(O)C1O. The van der Waals surface area contributed by atoms with E-state index in [1.54, 1.807) is 21.1 Å². The summed E-state index contributed by atoms with van der Waals surface area (Å²) in [5.74, 6) is -2.18. The van der Waals surface area contributed by atoms with E-state index in [4.69, 9.17) is 46.6 Å². The monoisotopic (exact) mass is 402 g/mol. The molecule has 162 valence electrons. The maximum absolute atomic E-state index is 9.89. The molecule has 0 aromatic carbocycles. The van der Waals surface area contributed by atoms with Crippen LogP contribution in [0.3, 0.4) is 0 Å². The van der Waals surface area contributed by atoms with Crippen molar-refractivity contribution in [2.75, 3.05) is 34.3 Å². The van der Waals surface area contributed by atoms with Crippen LogP contribution in [-0.2, 0) is 9.59 Å². The van der Waals surface area contributed by atoms with Gasteiger partial charge in [0.05, 0.1) is 33.7 Å². The van der Waals surface area contributed by atoms with Crippen LogP contribution in [0.4, 0.5) is 0 Å². The molecule has 13 heteroatoms. The fourth-order valence-corrected chi connectivity index (χ4v) is 1.68. The van der Waals surface area contributed by atoms with Gasteiger partial charge >= 0.3 is 5.97 Å².